The van der Waals surface area contributed by atoms with E-state index >= 15 is 0 Å². The van der Waals surface area contributed by atoms with E-state index in [2.05, 4.69) is 38.8 Å². The second-order valence-corrected chi connectivity index (χ2v) is 14.0. The summed E-state index contributed by atoms with van der Waals surface area (Å²) in [5.41, 5.74) is 0.575. The molecule has 1 heterocycles. The van der Waals surface area contributed by atoms with Crippen molar-refractivity contribution >= 4 is 30.1 Å². The van der Waals surface area contributed by atoms with Crippen LogP contribution < -0.4 is 0 Å². The van der Waals surface area contributed by atoms with Crippen LogP contribution >= 0.6 is 11.6 Å². The first-order valence-corrected chi connectivity index (χ1v) is 11.9. The molecular formula is C13H26ClN3O3SSi. The van der Waals surface area contributed by atoms with E-state index in [0.717, 1.165) is 8.28 Å². The zero-order valence-corrected chi connectivity index (χ0v) is 16.9. The van der Waals surface area contributed by atoms with Gasteiger partial charge in [0, 0.05) is 20.3 Å². The predicted molar refractivity (Wildman–Crippen MR) is 91.8 cm³/mol. The molecule has 22 heavy (non-hydrogen) atoms. The number of halogens is 1. The minimum absolute atomic E-state index is 0.0210. The van der Waals surface area contributed by atoms with E-state index in [1.807, 2.05) is 0 Å². The Bertz CT molecular complexity index is 621. The largest absolute Gasteiger partial charge is 0.411 e. The van der Waals surface area contributed by atoms with Crippen molar-refractivity contribution in [2.45, 2.75) is 51.4 Å². The summed E-state index contributed by atoms with van der Waals surface area (Å²) < 4.78 is 32.8. The fourth-order valence-electron chi connectivity index (χ4n) is 1.46. The summed E-state index contributed by atoms with van der Waals surface area (Å²) in [5.74, 6) is 0.317. The fourth-order valence-corrected chi connectivity index (χ4v) is 3.64. The maximum Gasteiger partial charge on any atom is 0.308 e. The molecule has 0 atom stereocenters. The highest BCUT2D eigenvalue weighted by atomic mass is 35.5. The Morgan fingerprint density at radius 3 is 2.32 bits per heavy atom. The van der Waals surface area contributed by atoms with Crippen LogP contribution in [0, 0.1) is 0 Å². The SMILES string of the molecule is CN(C)S(=O)(=O)n1cc(CO[Si](C)(C)C(C)(C)C)nc1CCl. The molecule has 1 rings (SSSR count). The maximum absolute atomic E-state index is 12.2. The lowest BCUT2D eigenvalue weighted by Gasteiger charge is -2.35. The average Bonchev–Trinajstić information content (AvgIpc) is 2.78. The van der Waals surface area contributed by atoms with Crippen LogP contribution in [0.15, 0.2) is 6.20 Å². The third-order valence-corrected chi connectivity index (χ3v) is 10.5. The Hall–Kier alpha value is -0.413. The van der Waals surface area contributed by atoms with Crippen LogP contribution in [0.5, 0.6) is 0 Å². The Morgan fingerprint density at radius 2 is 1.91 bits per heavy atom. The Labute approximate surface area is 139 Å². The molecule has 128 valence electrons. The van der Waals surface area contributed by atoms with Gasteiger partial charge in [-0.05, 0) is 18.1 Å². The lowest BCUT2D eigenvalue weighted by Crippen LogP contribution is -2.40. The zero-order valence-electron chi connectivity index (χ0n) is 14.3. The van der Waals surface area contributed by atoms with Crippen LogP contribution in [0.2, 0.25) is 18.1 Å². The van der Waals surface area contributed by atoms with E-state index in [1.54, 1.807) is 0 Å². The van der Waals surface area contributed by atoms with E-state index in [0.29, 0.717) is 11.5 Å². The number of aromatic nitrogens is 2. The first kappa shape index (κ1) is 19.6. The molecule has 0 N–H and O–H groups in total. The second-order valence-electron chi connectivity index (χ2n) is 6.92. The molecule has 0 aliphatic rings. The first-order valence-electron chi connectivity index (χ1n) is 7.03. The molecule has 0 radical (unpaired) electrons. The van der Waals surface area contributed by atoms with Crippen molar-refractivity contribution in [2.24, 2.45) is 0 Å². The Kier molecular flexibility index (Phi) is 5.89. The Morgan fingerprint density at radius 1 is 1.36 bits per heavy atom. The van der Waals surface area contributed by atoms with Gasteiger partial charge in [-0.25, -0.2) is 8.96 Å². The van der Waals surface area contributed by atoms with E-state index in [1.165, 1.54) is 20.3 Å². The number of alkyl halides is 1. The summed E-state index contributed by atoms with van der Waals surface area (Å²) in [6.07, 6.45) is 1.49. The number of nitrogens with zero attached hydrogens (tertiary/aromatic N) is 3. The molecule has 1 aromatic heterocycles. The summed E-state index contributed by atoms with van der Waals surface area (Å²) in [6, 6.07) is 0. The molecular weight excluding hydrogens is 342 g/mol. The highest BCUT2D eigenvalue weighted by Crippen LogP contribution is 2.37. The van der Waals surface area contributed by atoms with Gasteiger partial charge in [0.2, 0.25) is 0 Å². The normalized spacial score (nSPS) is 13.9. The van der Waals surface area contributed by atoms with Crippen molar-refractivity contribution in [3.05, 3.63) is 17.7 Å². The number of hydrogen-bond donors (Lipinski definition) is 0. The quantitative estimate of drug-likeness (QED) is 0.572. The molecule has 0 saturated carbocycles. The van der Waals surface area contributed by atoms with Crippen molar-refractivity contribution in [1.29, 1.82) is 0 Å². The second kappa shape index (κ2) is 6.60. The smallest absolute Gasteiger partial charge is 0.308 e. The van der Waals surface area contributed by atoms with Crippen LogP contribution in [0.25, 0.3) is 0 Å². The summed E-state index contributed by atoms with van der Waals surface area (Å²) in [7, 11) is -2.60. The van der Waals surface area contributed by atoms with Crippen molar-refractivity contribution in [3.63, 3.8) is 0 Å². The van der Waals surface area contributed by atoms with Gasteiger partial charge in [-0.15, -0.1) is 11.6 Å². The molecule has 1 aromatic rings. The van der Waals surface area contributed by atoms with Gasteiger partial charge < -0.3 is 4.43 Å². The van der Waals surface area contributed by atoms with Crippen molar-refractivity contribution in [2.75, 3.05) is 14.1 Å². The summed E-state index contributed by atoms with van der Waals surface area (Å²) in [5, 5.41) is 0.0839. The van der Waals surface area contributed by atoms with Gasteiger partial charge >= 0.3 is 10.2 Å². The van der Waals surface area contributed by atoms with Gasteiger partial charge in [0.25, 0.3) is 0 Å². The molecule has 0 amide bonds. The van der Waals surface area contributed by atoms with Gasteiger partial charge in [0.1, 0.15) is 5.82 Å². The fraction of sp³-hybridized carbons (Fsp3) is 0.769. The topological polar surface area (TPSA) is 64.4 Å². The maximum atomic E-state index is 12.2. The third kappa shape index (κ3) is 4.11. The molecule has 0 fully saturated rings. The van der Waals surface area contributed by atoms with Gasteiger partial charge in [0.15, 0.2) is 8.32 Å². The van der Waals surface area contributed by atoms with Crippen molar-refractivity contribution < 1.29 is 12.8 Å². The minimum atomic E-state index is -3.62. The van der Waals surface area contributed by atoms with Gasteiger partial charge in [-0.2, -0.15) is 12.7 Å². The summed E-state index contributed by atoms with van der Waals surface area (Å²) in [4.78, 5) is 4.28. The summed E-state index contributed by atoms with van der Waals surface area (Å²) >= 11 is 5.82. The Balaban J connectivity index is 3.04. The van der Waals surface area contributed by atoms with Gasteiger partial charge in [-0.3, -0.25) is 0 Å². The highest BCUT2D eigenvalue weighted by molar-refractivity contribution is 7.87. The average molecular weight is 368 g/mol. The molecule has 6 nitrogen and oxygen atoms in total. The molecule has 0 saturated heterocycles. The molecule has 0 aliphatic heterocycles. The van der Waals surface area contributed by atoms with Crippen LogP contribution in [0.3, 0.4) is 0 Å². The lowest BCUT2D eigenvalue weighted by molar-refractivity contribution is 0.272. The monoisotopic (exact) mass is 367 g/mol. The highest BCUT2D eigenvalue weighted by Gasteiger charge is 2.37. The molecule has 9 heteroatoms. The molecule has 0 unspecified atom stereocenters. The molecule has 0 aliphatic carbocycles. The van der Waals surface area contributed by atoms with Gasteiger partial charge in [-0.1, -0.05) is 20.8 Å². The van der Waals surface area contributed by atoms with Crippen molar-refractivity contribution in [3.8, 4) is 0 Å². The van der Waals surface area contributed by atoms with E-state index < -0.39 is 18.5 Å². The standard InChI is InChI=1S/C13H26ClN3O3SSi/c1-13(2,3)22(6,7)20-10-11-9-17(12(8-14)15-11)21(18,19)16(4)5/h9H,8,10H2,1-7H3. The number of rotatable bonds is 6. The lowest BCUT2D eigenvalue weighted by atomic mass is 10.2. The van der Waals surface area contributed by atoms with E-state index in [-0.39, 0.29) is 17.5 Å². The molecule has 0 bridgehead atoms. The zero-order chi connectivity index (χ0) is 17.3. The molecule has 0 aromatic carbocycles. The van der Waals surface area contributed by atoms with Crippen LogP contribution in [0.1, 0.15) is 32.3 Å². The van der Waals surface area contributed by atoms with E-state index in [4.69, 9.17) is 16.0 Å². The van der Waals surface area contributed by atoms with Crippen LogP contribution in [-0.2, 0) is 27.1 Å². The summed E-state index contributed by atoms with van der Waals surface area (Å²) in [6.45, 7) is 11.0. The number of hydrogen-bond acceptors (Lipinski definition) is 4. The van der Waals surface area contributed by atoms with Crippen LogP contribution in [0.4, 0.5) is 0 Å². The van der Waals surface area contributed by atoms with Gasteiger partial charge in [0.05, 0.1) is 18.2 Å². The van der Waals surface area contributed by atoms with E-state index in [9.17, 15) is 8.42 Å². The number of imidazole rings is 1. The van der Waals surface area contributed by atoms with Crippen molar-refractivity contribution in [1.82, 2.24) is 13.3 Å². The molecule has 0 spiro atoms. The minimum Gasteiger partial charge on any atom is -0.411 e. The third-order valence-electron chi connectivity index (χ3n) is 4.01. The van der Waals surface area contributed by atoms with Crippen LogP contribution in [-0.4, -0.2) is 44.1 Å². The predicted octanol–water partition coefficient (Wildman–Crippen LogP) is 2.80. The first-order chi connectivity index (χ1) is 9.83.